The SMILES string of the molecule is C#CCOC(=O)Nc1cnc(N2CCC[C@@]3(CCN([C@H]4CC[C@@H](O)CC4)C3=O)C2)c(C)c1. The van der Waals surface area contributed by atoms with Gasteiger partial charge in [0.15, 0.2) is 6.61 Å². The molecule has 1 saturated carbocycles. The number of anilines is 2. The topological polar surface area (TPSA) is 95.0 Å². The molecule has 4 rings (SSSR count). The molecule has 1 atom stereocenters. The van der Waals surface area contributed by atoms with Crippen molar-refractivity contribution in [1.29, 1.82) is 0 Å². The largest absolute Gasteiger partial charge is 0.436 e. The van der Waals surface area contributed by atoms with E-state index in [1.165, 1.54) is 0 Å². The Kier molecular flexibility index (Phi) is 6.56. The van der Waals surface area contributed by atoms with E-state index >= 15 is 0 Å². The fraction of sp³-hybridized carbons (Fsp3) is 0.625. The van der Waals surface area contributed by atoms with Gasteiger partial charge in [0.05, 0.1) is 23.4 Å². The number of rotatable bonds is 4. The minimum atomic E-state index is -0.610. The normalized spacial score (nSPS) is 28.0. The van der Waals surface area contributed by atoms with Crippen LogP contribution in [0.25, 0.3) is 0 Å². The summed E-state index contributed by atoms with van der Waals surface area (Å²) in [5.41, 5.74) is 1.13. The highest BCUT2D eigenvalue weighted by atomic mass is 16.5. The molecule has 0 radical (unpaired) electrons. The molecule has 1 spiro atoms. The van der Waals surface area contributed by atoms with Gasteiger partial charge in [0.25, 0.3) is 0 Å². The average molecular weight is 441 g/mol. The van der Waals surface area contributed by atoms with E-state index in [0.29, 0.717) is 12.2 Å². The summed E-state index contributed by atoms with van der Waals surface area (Å²) in [5.74, 6) is 3.37. The van der Waals surface area contributed by atoms with E-state index in [2.05, 4.69) is 26.0 Å². The van der Waals surface area contributed by atoms with Gasteiger partial charge in [0.2, 0.25) is 5.91 Å². The van der Waals surface area contributed by atoms with E-state index in [4.69, 9.17) is 11.2 Å². The third-order valence-corrected chi connectivity index (χ3v) is 7.11. The zero-order valence-corrected chi connectivity index (χ0v) is 18.7. The molecule has 2 aliphatic heterocycles. The number of aliphatic hydroxyl groups is 1. The first-order valence-electron chi connectivity index (χ1n) is 11.5. The Hall–Kier alpha value is -2.79. The molecule has 1 aromatic rings. The van der Waals surface area contributed by atoms with Gasteiger partial charge in [0, 0.05) is 25.7 Å². The first-order chi connectivity index (χ1) is 15.4. The lowest BCUT2D eigenvalue weighted by Gasteiger charge is -2.41. The number of hydrogen-bond acceptors (Lipinski definition) is 6. The van der Waals surface area contributed by atoms with Crippen molar-refractivity contribution in [1.82, 2.24) is 9.88 Å². The molecule has 2 amide bonds. The average Bonchev–Trinajstić information content (AvgIpc) is 3.08. The number of carbonyl (C=O) groups excluding carboxylic acids is 2. The Morgan fingerprint density at radius 2 is 2.12 bits per heavy atom. The van der Waals surface area contributed by atoms with Crippen LogP contribution < -0.4 is 10.2 Å². The number of piperidine rings is 1. The molecule has 172 valence electrons. The lowest BCUT2D eigenvalue weighted by molar-refractivity contribution is -0.139. The van der Waals surface area contributed by atoms with Gasteiger partial charge in [-0.15, -0.1) is 6.42 Å². The molecule has 0 unspecified atom stereocenters. The summed E-state index contributed by atoms with van der Waals surface area (Å²) in [6, 6.07) is 2.12. The molecule has 3 heterocycles. The Labute approximate surface area is 189 Å². The van der Waals surface area contributed by atoms with Crippen molar-refractivity contribution in [3.05, 3.63) is 17.8 Å². The third kappa shape index (κ3) is 4.53. The third-order valence-electron chi connectivity index (χ3n) is 7.11. The van der Waals surface area contributed by atoms with Crippen LogP contribution >= 0.6 is 0 Å². The van der Waals surface area contributed by atoms with Crippen LogP contribution in [0.2, 0.25) is 0 Å². The lowest BCUT2D eigenvalue weighted by Crippen LogP contribution is -2.50. The van der Waals surface area contributed by atoms with Crippen LogP contribution in [0.4, 0.5) is 16.3 Å². The molecule has 3 aliphatic rings. The van der Waals surface area contributed by atoms with Crippen molar-refractivity contribution < 1.29 is 19.4 Å². The molecule has 8 nitrogen and oxygen atoms in total. The van der Waals surface area contributed by atoms with Crippen LogP contribution in [-0.4, -0.2) is 65.4 Å². The summed E-state index contributed by atoms with van der Waals surface area (Å²) in [6.45, 7) is 4.21. The van der Waals surface area contributed by atoms with Crippen molar-refractivity contribution >= 4 is 23.5 Å². The number of likely N-dealkylation sites (tertiary alicyclic amines) is 1. The standard InChI is InChI=1S/C24H32N4O4/c1-3-13-32-23(31)26-18-14-17(2)21(25-15-18)27-11-4-9-24(16-27)10-12-28(22(24)30)19-5-7-20(29)8-6-19/h1,14-15,19-20,29H,4-13,16H2,2H3,(H,26,31)/t19-,20+,24-/m1/s1. The zero-order chi connectivity index (χ0) is 22.7. The molecule has 1 aromatic heterocycles. The van der Waals surface area contributed by atoms with Crippen LogP contribution in [0.5, 0.6) is 0 Å². The smallest absolute Gasteiger partial charge is 0.412 e. The number of nitrogens with one attached hydrogen (secondary N) is 1. The highest BCUT2D eigenvalue weighted by Crippen LogP contribution is 2.43. The molecule has 0 bridgehead atoms. The summed E-state index contributed by atoms with van der Waals surface area (Å²) in [6.07, 6.45) is 12.0. The van der Waals surface area contributed by atoms with E-state index < -0.39 is 6.09 Å². The molecule has 1 aliphatic carbocycles. The van der Waals surface area contributed by atoms with Gasteiger partial charge in [-0.1, -0.05) is 5.92 Å². The lowest BCUT2D eigenvalue weighted by atomic mass is 9.78. The second kappa shape index (κ2) is 9.37. The van der Waals surface area contributed by atoms with Gasteiger partial charge in [-0.3, -0.25) is 10.1 Å². The minimum Gasteiger partial charge on any atom is -0.436 e. The van der Waals surface area contributed by atoms with E-state index in [1.54, 1.807) is 6.20 Å². The van der Waals surface area contributed by atoms with Gasteiger partial charge in [-0.2, -0.15) is 0 Å². The Morgan fingerprint density at radius 1 is 1.34 bits per heavy atom. The first-order valence-corrected chi connectivity index (χ1v) is 11.5. The van der Waals surface area contributed by atoms with E-state index in [0.717, 1.165) is 69.4 Å². The predicted molar refractivity (Wildman–Crippen MR) is 121 cm³/mol. The number of nitrogens with zero attached hydrogens (tertiary/aromatic N) is 3. The monoisotopic (exact) mass is 440 g/mol. The van der Waals surface area contributed by atoms with Crippen molar-refractivity contribution in [2.24, 2.45) is 5.41 Å². The Bertz CT molecular complexity index is 906. The molecule has 3 fully saturated rings. The number of ether oxygens (including phenoxy) is 1. The maximum atomic E-state index is 13.5. The van der Waals surface area contributed by atoms with Crippen LogP contribution in [0, 0.1) is 24.7 Å². The highest BCUT2D eigenvalue weighted by molar-refractivity contribution is 5.86. The van der Waals surface area contributed by atoms with Gasteiger partial charge in [-0.05, 0) is 63.5 Å². The number of aromatic nitrogens is 1. The van der Waals surface area contributed by atoms with Gasteiger partial charge in [0.1, 0.15) is 5.82 Å². The van der Waals surface area contributed by atoms with Gasteiger partial charge < -0.3 is 19.6 Å². The number of carbonyl (C=O) groups is 2. The minimum absolute atomic E-state index is 0.0846. The van der Waals surface area contributed by atoms with Gasteiger partial charge in [-0.25, -0.2) is 9.78 Å². The second-order valence-electron chi connectivity index (χ2n) is 9.29. The number of pyridine rings is 1. The summed E-state index contributed by atoms with van der Waals surface area (Å²) in [7, 11) is 0. The van der Waals surface area contributed by atoms with Crippen molar-refractivity contribution in [2.75, 3.05) is 36.5 Å². The Balaban J connectivity index is 1.43. The van der Waals surface area contributed by atoms with Crippen molar-refractivity contribution in [3.63, 3.8) is 0 Å². The van der Waals surface area contributed by atoms with Crippen LogP contribution in [0.3, 0.4) is 0 Å². The number of terminal acetylenes is 1. The maximum absolute atomic E-state index is 13.5. The summed E-state index contributed by atoms with van der Waals surface area (Å²) in [5, 5.41) is 12.4. The molecule has 2 saturated heterocycles. The van der Waals surface area contributed by atoms with Crippen molar-refractivity contribution in [2.45, 2.75) is 64.0 Å². The zero-order valence-electron chi connectivity index (χ0n) is 18.7. The van der Waals surface area contributed by atoms with E-state index in [-0.39, 0.29) is 30.1 Å². The van der Waals surface area contributed by atoms with Crippen LogP contribution in [0.15, 0.2) is 12.3 Å². The highest BCUT2D eigenvalue weighted by Gasteiger charge is 2.50. The number of aliphatic hydroxyl groups excluding tert-OH is 1. The van der Waals surface area contributed by atoms with Crippen molar-refractivity contribution in [3.8, 4) is 12.3 Å². The summed E-state index contributed by atoms with van der Waals surface area (Å²) < 4.78 is 4.84. The molecular formula is C24H32N4O4. The van der Waals surface area contributed by atoms with E-state index in [1.807, 2.05) is 13.0 Å². The number of amides is 2. The predicted octanol–water partition coefficient (Wildman–Crippen LogP) is 2.69. The van der Waals surface area contributed by atoms with Crippen LogP contribution in [-0.2, 0) is 9.53 Å². The molecule has 0 aromatic carbocycles. The second-order valence-corrected chi connectivity index (χ2v) is 9.29. The fourth-order valence-electron chi connectivity index (χ4n) is 5.49. The summed E-state index contributed by atoms with van der Waals surface area (Å²) >= 11 is 0. The molecule has 8 heteroatoms. The number of aryl methyl sites for hydroxylation is 1. The maximum Gasteiger partial charge on any atom is 0.412 e. The first kappa shape index (κ1) is 22.4. The molecule has 2 N–H and O–H groups in total. The van der Waals surface area contributed by atoms with Crippen LogP contribution in [0.1, 0.15) is 50.5 Å². The number of hydrogen-bond donors (Lipinski definition) is 2. The fourth-order valence-corrected chi connectivity index (χ4v) is 5.49. The van der Waals surface area contributed by atoms with Gasteiger partial charge >= 0.3 is 6.09 Å². The Morgan fingerprint density at radius 3 is 2.84 bits per heavy atom. The quantitative estimate of drug-likeness (QED) is 0.699. The molecule has 32 heavy (non-hydrogen) atoms. The summed E-state index contributed by atoms with van der Waals surface area (Å²) in [4.78, 5) is 34.2. The molecular weight excluding hydrogens is 408 g/mol. The van der Waals surface area contributed by atoms with E-state index in [9.17, 15) is 14.7 Å².